The van der Waals surface area contributed by atoms with Gasteiger partial charge in [0.05, 0.1) is 19.4 Å². The van der Waals surface area contributed by atoms with E-state index in [1.165, 1.54) is 6.33 Å². The fourth-order valence-electron chi connectivity index (χ4n) is 3.72. The van der Waals surface area contributed by atoms with Crippen molar-refractivity contribution in [3.05, 3.63) is 82.8 Å². The van der Waals surface area contributed by atoms with E-state index >= 15 is 0 Å². The van der Waals surface area contributed by atoms with Gasteiger partial charge in [0, 0.05) is 25.5 Å². The smallest absolute Gasteiger partial charge is 0.350 e. The molecule has 9 nitrogen and oxygen atoms in total. The number of imidazole rings is 2. The maximum atomic E-state index is 12.7. The monoisotopic (exact) mass is 426 g/mol. The first-order valence-corrected chi connectivity index (χ1v) is 10.3. The molecule has 0 spiro atoms. The Hall–Kier alpha value is -4.27. The number of benzene rings is 2. The van der Waals surface area contributed by atoms with Crippen LogP contribution in [0.25, 0.3) is 22.7 Å². The molecule has 0 radical (unpaired) electrons. The van der Waals surface area contributed by atoms with E-state index in [0.29, 0.717) is 35.8 Å². The minimum atomic E-state index is -0.352. The van der Waals surface area contributed by atoms with Crippen LogP contribution >= 0.6 is 0 Å². The Labute approximate surface area is 184 Å². The number of aromatic nitrogens is 6. The van der Waals surface area contributed by atoms with Crippen LogP contribution in [0, 0.1) is 0 Å². The van der Waals surface area contributed by atoms with Gasteiger partial charge in [0.15, 0.2) is 11.5 Å². The maximum Gasteiger partial charge on any atom is 0.350 e. The molecule has 3 heterocycles. The van der Waals surface area contributed by atoms with Crippen LogP contribution in [0.3, 0.4) is 0 Å². The molecule has 0 saturated carbocycles. The molecule has 2 N–H and O–H groups in total. The van der Waals surface area contributed by atoms with Gasteiger partial charge in [-0.15, -0.1) is 0 Å². The van der Waals surface area contributed by atoms with E-state index in [2.05, 4.69) is 42.7 Å². The van der Waals surface area contributed by atoms with Gasteiger partial charge in [-0.3, -0.25) is 4.57 Å². The van der Waals surface area contributed by atoms with Crippen molar-refractivity contribution in [3.8, 4) is 11.5 Å². The fourth-order valence-corrected chi connectivity index (χ4v) is 3.72. The topological polar surface area (TPSA) is 103 Å². The minimum Gasteiger partial charge on any atom is -0.388 e. The Bertz CT molecular complexity index is 1400. The van der Waals surface area contributed by atoms with E-state index in [1.807, 2.05) is 55.1 Å². The minimum absolute atomic E-state index is 0.352. The molecule has 0 saturated heterocycles. The van der Waals surface area contributed by atoms with Crippen molar-refractivity contribution in [1.29, 1.82) is 0 Å². The van der Waals surface area contributed by atoms with Crippen LogP contribution in [0.1, 0.15) is 11.1 Å². The Morgan fingerprint density at radius 1 is 0.812 bits per heavy atom. The molecule has 160 valence electrons. The van der Waals surface area contributed by atoms with Gasteiger partial charge in [-0.25, -0.2) is 19.7 Å². The lowest BCUT2D eigenvalue weighted by Crippen LogP contribution is -2.17. The molecule has 32 heavy (non-hydrogen) atoms. The van der Waals surface area contributed by atoms with Gasteiger partial charge in [-0.1, -0.05) is 24.3 Å². The van der Waals surface area contributed by atoms with Gasteiger partial charge in [0.25, 0.3) is 0 Å². The number of nitrogens with one attached hydrogen (secondary N) is 2. The summed E-state index contributed by atoms with van der Waals surface area (Å²) >= 11 is 0. The number of nitrogens with zero attached hydrogens (tertiary/aromatic N) is 6. The summed E-state index contributed by atoms with van der Waals surface area (Å²) in [6.45, 7) is 0.970. The van der Waals surface area contributed by atoms with E-state index in [4.69, 9.17) is 0 Å². The molecule has 2 aromatic carbocycles. The SMILES string of the molecule is CNc1ccc(Cn2c3ncnc4c(ncn4Cc4ccc(NC)cc4)c-3nc2=O)cc1. The third-order valence-electron chi connectivity index (χ3n) is 5.48. The summed E-state index contributed by atoms with van der Waals surface area (Å²) in [4.78, 5) is 30.4. The number of rotatable bonds is 6. The summed E-state index contributed by atoms with van der Waals surface area (Å²) in [7, 11) is 3.76. The molecule has 1 aromatic heterocycles. The molecule has 9 heteroatoms. The van der Waals surface area contributed by atoms with Crippen LogP contribution in [0.4, 0.5) is 11.4 Å². The summed E-state index contributed by atoms with van der Waals surface area (Å²) in [5, 5.41) is 6.20. The average Bonchev–Trinajstić information content (AvgIpc) is 3.29. The Morgan fingerprint density at radius 3 is 2.06 bits per heavy atom. The van der Waals surface area contributed by atoms with Crippen LogP contribution in [-0.2, 0) is 13.1 Å². The Balaban J connectivity index is 1.51. The molecular weight excluding hydrogens is 404 g/mol. The molecule has 0 unspecified atom stereocenters. The van der Waals surface area contributed by atoms with Crippen molar-refractivity contribution in [1.82, 2.24) is 29.1 Å². The van der Waals surface area contributed by atoms with Crippen molar-refractivity contribution >= 4 is 22.5 Å². The van der Waals surface area contributed by atoms with Crippen molar-refractivity contribution in [2.24, 2.45) is 0 Å². The van der Waals surface area contributed by atoms with Gasteiger partial charge in [-0.05, 0) is 35.4 Å². The number of fused-ring (bicyclic) bond motifs is 3. The van der Waals surface area contributed by atoms with Gasteiger partial charge < -0.3 is 15.2 Å². The lowest BCUT2D eigenvalue weighted by atomic mass is 10.2. The van der Waals surface area contributed by atoms with Crippen molar-refractivity contribution < 1.29 is 0 Å². The normalized spacial score (nSPS) is 11.2. The van der Waals surface area contributed by atoms with Crippen LogP contribution < -0.4 is 16.3 Å². The zero-order valence-corrected chi connectivity index (χ0v) is 17.8. The summed E-state index contributed by atoms with van der Waals surface area (Å²) in [5.41, 5.74) is 5.45. The standard InChI is InChI=1S/C23H22N8O/c1-24-17-7-3-15(4-8-17)11-30-14-28-19-20-22(27-13-26-21(19)30)31(23(32)29-20)12-16-5-9-18(25-2)10-6-16/h3-10,13-14,24-25H,11-12H2,1-2H3. The van der Waals surface area contributed by atoms with E-state index < -0.39 is 0 Å². The molecule has 0 fully saturated rings. The van der Waals surface area contributed by atoms with Crippen LogP contribution in [0.15, 0.2) is 66.0 Å². The highest BCUT2D eigenvalue weighted by Gasteiger charge is 2.21. The van der Waals surface area contributed by atoms with E-state index in [9.17, 15) is 4.79 Å². The number of hydrogen-bond acceptors (Lipinski definition) is 7. The summed E-state index contributed by atoms with van der Waals surface area (Å²) in [5.74, 6) is 0.471. The molecule has 2 aliphatic rings. The number of hydrogen-bond donors (Lipinski definition) is 2. The molecule has 0 aliphatic carbocycles. The first-order valence-electron chi connectivity index (χ1n) is 10.3. The van der Waals surface area contributed by atoms with E-state index in [0.717, 1.165) is 22.5 Å². The molecule has 3 aromatic rings. The summed E-state index contributed by atoms with van der Waals surface area (Å²) in [6.07, 6.45) is 3.19. The van der Waals surface area contributed by atoms with Crippen LogP contribution in [0.2, 0.25) is 0 Å². The molecule has 2 aliphatic heterocycles. The predicted octanol–water partition coefficient (Wildman–Crippen LogP) is 2.67. The van der Waals surface area contributed by atoms with Crippen molar-refractivity contribution in [3.63, 3.8) is 0 Å². The van der Waals surface area contributed by atoms with Gasteiger partial charge >= 0.3 is 5.69 Å². The van der Waals surface area contributed by atoms with Gasteiger partial charge in [0.1, 0.15) is 17.5 Å². The highest BCUT2D eigenvalue weighted by Crippen LogP contribution is 2.24. The fraction of sp³-hybridized carbons (Fsp3) is 0.174. The molecule has 5 rings (SSSR count). The molecule has 0 amide bonds. The second-order valence-corrected chi connectivity index (χ2v) is 7.46. The van der Waals surface area contributed by atoms with E-state index in [1.54, 1.807) is 10.9 Å². The van der Waals surface area contributed by atoms with Crippen LogP contribution in [-0.4, -0.2) is 43.2 Å². The largest absolute Gasteiger partial charge is 0.388 e. The van der Waals surface area contributed by atoms with Crippen molar-refractivity contribution in [2.75, 3.05) is 24.7 Å². The Morgan fingerprint density at radius 2 is 1.44 bits per heavy atom. The third kappa shape index (κ3) is 3.53. The third-order valence-corrected chi connectivity index (χ3v) is 5.48. The second-order valence-electron chi connectivity index (χ2n) is 7.46. The number of anilines is 2. The Kier molecular flexibility index (Phi) is 4.98. The second kappa shape index (κ2) is 8.10. The highest BCUT2D eigenvalue weighted by molar-refractivity contribution is 5.85. The molecule has 0 atom stereocenters. The molecular formula is C23H22N8O. The predicted molar refractivity (Wildman–Crippen MR) is 124 cm³/mol. The zero-order chi connectivity index (χ0) is 22.1. The first kappa shape index (κ1) is 19.7. The average molecular weight is 426 g/mol. The zero-order valence-electron chi connectivity index (χ0n) is 17.8. The maximum absolute atomic E-state index is 12.7. The highest BCUT2D eigenvalue weighted by atomic mass is 16.1. The first-order chi connectivity index (χ1) is 15.7. The quantitative estimate of drug-likeness (QED) is 0.430. The van der Waals surface area contributed by atoms with Crippen LogP contribution in [0.5, 0.6) is 0 Å². The van der Waals surface area contributed by atoms with Crippen molar-refractivity contribution in [2.45, 2.75) is 13.1 Å². The summed E-state index contributed by atoms with van der Waals surface area (Å²) in [6, 6.07) is 16.0. The lowest BCUT2D eigenvalue weighted by molar-refractivity contribution is 0.758. The molecule has 0 bridgehead atoms. The van der Waals surface area contributed by atoms with E-state index in [-0.39, 0.29) is 5.69 Å². The van der Waals surface area contributed by atoms with Gasteiger partial charge in [-0.2, -0.15) is 4.98 Å². The van der Waals surface area contributed by atoms with Gasteiger partial charge in [0.2, 0.25) is 0 Å². The lowest BCUT2D eigenvalue weighted by Gasteiger charge is -2.05. The summed E-state index contributed by atoms with van der Waals surface area (Å²) < 4.78 is 3.49.